The van der Waals surface area contributed by atoms with Gasteiger partial charge >= 0.3 is 5.97 Å². The van der Waals surface area contributed by atoms with Crippen LogP contribution in [0.5, 0.6) is 0 Å². The van der Waals surface area contributed by atoms with Crippen molar-refractivity contribution in [2.24, 2.45) is 5.92 Å². The lowest BCUT2D eigenvalue weighted by molar-refractivity contribution is -0.138. The predicted molar refractivity (Wildman–Crippen MR) is 52.6 cm³/mol. The van der Waals surface area contributed by atoms with E-state index in [1.165, 1.54) is 0 Å². The van der Waals surface area contributed by atoms with Gasteiger partial charge in [0, 0.05) is 5.92 Å². The van der Waals surface area contributed by atoms with Crippen LogP contribution in [0.2, 0.25) is 0 Å². The molecule has 0 radical (unpaired) electrons. The Morgan fingerprint density at radius 2 is 2.29 bits per heavy atom. The summed E-state index contributed by atoms with van der Waals surface area (Å²) in [4.78, 5) is 10.6. The molecule has 1 aromatic rings. The van der Waals surface area contributed by atoms with Crippen LogP contribution in [0.25, 0.3) is 0 Å². The number of benzene rings is 1. The van der Waals surface area contributed by atoms with E-state index in [9.17, 15) is 9.18 Å². The molecule has 1 aliphatic carbocycles. The SMILES string of the molecule is O=C(O)C1CC1c1cccc(Br)c1F. The average Bonchev–Trinajstić information content (AvgIpc) is 2.89. The smallest absolute Gasteiger partial charge is 0.307 e. The highest BCUT2D eigenvalue weighted by molar-refractivity contribution is 9.10. The maximum absolute atomic E-state index is 13.5. The van der Waals surface area contributed by atoms with Crippen LogP contribution >= 0.6 is 15.9 Å². The van der Waals surface area contributed by atoms with Crippen molar-refractivity contribution in [2.45, 2.75) is 12.3 Å². The van der Waals surface area contributed by atoms with Gasteiger partial charge in [0.25, 0.3) is 0 Å². The Hall–Kier alpha value is -0.900. The zero-order valence-corrected chi connectivity index (χ0v) is 8.79. The van der Waals surface area contributed by atoms with E-state index in [4.69, 9.17) is 5.11 Å². The molecule has 1 saturated carbocycles. The molecule has 0 aromatic heterocycles. The van der Waals surface area contributed by atoms with Crippen LogP contribution in [-0.2, 0) is 4.79 Å². The van der Waals surface area contributed by atoms with E-state index in [0.29, 0.717) is 16.5 Å². The lowest BCUT2D eigenvalue weighted by atomic mass is 10.1. The second-order valence-electron chi connectivity index (χ2n) is 3.43. The van der Waals surface area contributed by atoms with Crippen LogP contribution in [0.1, 0.15) is 17.9 Å². The summed E-state index contributed by atoms with van der Waals surface area (Å²) >= 11 is 3.08. The maximum Gasteiger partial charge on any atom is 0.307 e. The first kappa shape index (κ1) is 9.65. The number of hydrogen-bond acceptors (Lipinski definition) is 1. The number of hydrogen-bond donors (Lipinski definition) is 1. The molecule has 1 fully saturated rings. The van der Waals surface area contributed by atoms with Crippen molar-refractivity contribution >= 4 is 21.9 Å². The monoisotopic (exact) mass is 258 g/mol. The van der Waals surface area contributed by atoms with Crippen molar-refractivity contribution in [2.75, 3.05) is 0 Å². The van der Waals surface area contributed by atoms with Crippen LogP contribution in [0.3, 0.4) is 0 Å². The number of halogens is 2. The van der Waals surface area contributed by atoms with E-state index >= 15 is 0 Å². The average molecular weight is 259 g/mol. The second kappa shape index (κ2) is 3.35. The fourth-order valence-corrected chi connectivity index (χ4v) is 2.00. The normalized spacial score (nSPS) is 24.7. The van der Waals surface area contributed by atoms with Gasteiger partial charge in [0.15, 0.2) is 0 Å². The number of carbonyl (C=O) groups is 1. The van der Waals surface area contributed by atoms with Gasteiger partial charge in [-0.3, -0.25) is 4.79 Å². The lowest BCUT2D eigenvalue weighted by Gasteiger charge is -2.02. The summed E-state index contributed by atoms with van der Waals surface area (Å²) in [7, 11) is 0. The van der Waals surface area contributed by atoms with Crippen LogP contribution in [0.4, 0.5) is 4.39 Å². The van der Waals surface area contributed by atoms with Gasteiger partial charge in [0.1, 0.15) is 5.82 Å². The van der Waals surface area contributed by atoms with E-state index in [2.05, 4.69) is 15.9 Å². The number of carboxylic acid groups (broad SMARTS) is 1. The van der Waals surface area contributed by atoms with Gasteiger partial charge in [0.05, 0.1) is 10.4 Å². The molecule has 2 rings (SSSR count). The Bertz CT molecular complexity index is 392. The lowest BCUT2D eigenvalue weighted by Crippen LogP contribution is -2.00. The fourth-order valence-electron chi connectivity index (χ4n) is 1.62. The van der Waals surface area contributed by atoms with Crippen LogP contribution in [-0.4, -0.2) is 11.1 Å². The van der Waals surface area contributed by atoms with Gasteiger partial charge in [-0.2, -0.15) is 0 Å². The molecule has 2 atom stereocenters. The van der Waals surface area contributed by atoms with Crippen molar-refractivity contribution in [1.82, 2.24) is 0 Å². The summed E-state index contributed by atoms with van der Waals surface area (Å²) in [6, 6.07) is 4.98. The highest BCUT2D eigenvalue weighted by atomic mass is 79.9. The summed E-state index contributed by atoms with van der Waals surface area (Å²) in [5.74, 6) is -1.72. The first-order chi connectivity index (χ1) is 6.61. The van der Waals surface area contributed by atoms with Gasteiger partial charge in [-0.1, -0.05) is 12.1 Å². The Morgan fingerprint density at radius 3 is 2.86 bits per heavy atom. The first-order valence-corrected chi connectivity index (χ1v) is 5.07. The standard InChI is InChI=1S/C10H8BrFO2/c11-8-3-1-2-5(9(8)12)6-4-7(6)10(13)14/h1-3,6-7H,4H2,(H,13,14). The van der Waals surface area contributed by atoms with Crippen molar-refractivity contribution < 1.29 is 14.3 Å². The topological polar surface area (TPSA) is 37.3 Å². The Balaban J connectivity index is 2.27. The first-order valence-electron chi connectivity index (χ1n) is 4.28. The summed E-state index contributed by atoms with van der Waals surface area (Å²) in [5.41, 5.74) is 0.506. The largest absolute Gasteiger partial charge is 0.481 e. The minimum Gasteiger partial charge on any atom is -0.481 e. The molecule has 4 heteroatoms. The summed E-state index contributed by atoms with van der Waals surface area (Å²) < 4.78 is 13.9. The van der Waals surface area contributed by atoms with Crippen molar-refractivity contribution in [1.29, 1.82) is 0 Å². The highest BCUT2D eigenvalue weighted by Crippen LogP contribution is 2.48. The molecule has 1 aromatic carbocycles. The zero-order valence-electron chi connectivity index (χ0n) is 7.21. The molecule has 1 aliphatic rings. The van der Waals surface area contributed by atoms with Crippen molar-refractivity contribution in [3.8, 4) is 0 Å². The Kier molecular flexibility index (Phi) is 2.31. The van der Waals surface area contributed by atoms with E-state index in [0.717, 1.165) is 0 Å². The van der Waals surface area contributed by atoms with E-state index in [1.807, 2.05) is 0 Å². The predicted octanol–water partition coefficient (Wildman–Crippen LogP) is 2.78. The van der Waals surface area contributed by atoms with Gasteiger partial charge in [-0.05, 0) is 34.0 Å². The van der Waals surface area contributed by atoms with Crippen molar-refractivity contribution in [3.05, 3.63) is 34.1 Å². The van der Waals surface area contributed by atoms with Crippen LogP contribution < -0.4 is 0 Å². The summed E-state index contributed by atoms with van der Waals surface area (Å²) in [6.45, 7) is 0. The van der Waals surface area contributed by atoms with Crippen molar-refractivity contribution in [3.63, 3.8) is 0 Å². The van der Waals surface area contributed by atoms with E-state index in [-0.39, 0.29) is 11.7 Å². The highest BCUT2D eigenvalue weighted by Gasteiger charge is 2.45. The molecule has 1 N–H and O–H groups in total. The number of carboxylic acids is 1. The molecule has 0 saturated heterocycles. The number of aliphatic carboxylic acids is 1. The van der Waals surface area contributed by atoms with E-state index < -0.39 is 11.9 Å². The molecule has 0 spiro atoms. The molecule has 2 nitrogen and oxygen atoms in total. The van der Waals surface area contributed by atoms with Crippen LogP contribution in [0, 0.1) is 11.7 Å². The van der Waals surface area contributed by atoms with Gasteiger partial charge < -0.3 is 5.11 Å². The third-order valence-electron chi connectivity index (χ3n) is 2.49. The molecule has 0 amide bonds. The minimum atomic E-state index is -0.839. The molecule has 14 heavy (non-hydrogen) atoms. The summed E-state index contributed by atoms with van der Waals surface area (Å²) in [6.07, 6.45) is 0.544. The molecular weight excluding hydrogens is 251 g/mol. The molecular formula is C10H8BrFO2. The molecule has 74 valence electrons. The Labute approximate surface area is 88.9 Å². The quantitative estimate of drug-likeness (QED) is 0.886. The third kappa shape index (κ3) is 1.54. The third-order valence-corrected chi connectivity index (χ3v) is 3.10. The molecule has 2 unspecified atom stereocenters. The number of rotatable bonds is 2. The molecule has 0 heterocycles. The van der Waals surface area contributed by atoms with Gasteiger partial charge in [-0.25, -0.2) is 4.39 Å². The molecule has 0 aliphatic heterocycles. The summed E-state index contributed by atoms with van der Waals surface area (Å²) in [5, 5.41) is 8.71. The van der Waals surface area contributed by atoms with Gasteiger partial charge in [-0.15, -0.1) is 0 Å². The molecule has 0 bridgehead atoms. The minimum absolute atomic E-state index is 0.148. The van der Waals surface area contributed by atoms with E-state index in [1.54, 1.807) is 18.2 Å². The van der Waals surface area contributed by atoms with Gasteiger partial charge in [0.2, 0.25) is 0 Å². The van der Waals surface area contributed by atoms with Crippen LogP contribution in [0.15, 0.2) is 22.7 Å². The zero-order chi connectivity index (χ0) is 10.3. The second-order valence-corrected chi connectivity index (χ2v) is 4.28. The maximum atomic E-state index is 13.5. The fraction of sp³-hybridized carbons (Fsp3) is 0.300. The Morgan fingerprint density at radius 1 is 1.57 bits per heavy atom.